The first-order valence-corrected chi connectivity index (χ1v) is 3.98. The van der Waals surface area contributed by atoms with Crippen molar-refractivity contribution in [2.24, 2.45) is 0 Å². The van der Waals surface area contributed by atoms with Gasteiger partial charge in [0.25, 0.3) is 11.8 Å². The van der Waals surface area contributed by atoms with E-state index < -0.39 is 11.8 Å². The van der Waals surface area contributed by atoms with Gasteiger partial charge in [-0.3, -0.25) is 9.59 Å². The Bertz CT molecular complexity index is 245. The van der Waals surface area contributed by atoms with Crippen molar-refractivity contribution in [1.82, 2.24) is 5.32 Å². The van der Waals surface area contributed by atoms with Gasteiger partial charge in [0, 0.05) is 11.8 Å². The highest BCUT2D eigenvalue weighted by atomic mass is 32.2. The monoisotopic (exact) mass is 168 g/mol. The van der Waals surface area contributed by atoms with Crippen LogP contribution in [0.4, 0.5) is 0 Å². The third-order valence-electron chi connectivity index (χ3n) is 1.03. The first-order valence-electron chi connectivity index (χ1n) is 2.99. The Hall–Kier alpha value is -1.03. The Morgan fingerprint density at radius 1 is 1.64 bits per heavy atom. The fourth-order valence-corrected chi connectivity index (χ4v) is 1.26. The van der Waals surface area contributed by atoms with Crippen molar-refractivity contribution in [1.29, 1.82) is 0 Å². The molecule has 1 aliphatic rings. The van der Waals surface area contributed by atoms with Crippen molar-refractivity contribution in [2.75, 3.05) is 5.75 Å². The molecule has 0 saturated heterocycles. The van der Waals surface area contributed by atoms with E-state index in [1.54, 1.807) is 6.08 Å². The van der Waals surface area contributed by atoms with E-state index >= 15 is 0 Å². The summed E-state index contributed by atoms with van der Waals surface area (Å²) in [5.41, 5.74) is 0. The Balaban J connectivity index is 2.56. The van der Waals surface area contributed by atoms with Crippen LogP contribution in [0.5, 0.6) is 0 Å². The summed E-state index contributed by atoms with van der Waals surface area (Å²) in [5, 5.41) is 3.20. The van der Waals surface area contributed by atoms with E-state index in [1.165, 1.54) is 17.8 Å². The third kappa shape index (κ3) is 1.94. The highest BCUT2D eigenvalue weighted by molar-refractivity contribution is 8.04. The van der Waals surface area contributed by atoms with Crippen LogP contribution in [-0.4, -0.2) is 17.6 Å². The van der Waals surface area contributed by atoms with Gasteiger partial charge in [-0.05, 0) is 0 Å². The van der Waals surface area contributed by atoms with Gasteiger partial charge in [0.1, 0.15) is 0 Å². The molecule has 0 N–H and O–H groups in total. The second-order valence-electron chi connectivity index (χ2n) is 1.86. The Morgan fingerprint density at radius 3 is 2.82 bits per heavy atom. The van der Waals surface area contributed by atoms with Crippen molar-refractivity contribution in [2.45, 2.75) is 0 Å². The number of hydrogen-bond acceptors (Lipinski definition) is 3. The minimum atomic E-state index is -0.457. The fourth-order valence-electron chi connectivity index (χ4n) is 0.613. The average Bonchev–Trinajstić information content (AvgIpc) is 2.26. The number of imide groups is 1. The topological polar surface area (TPSA) is 48.2 Å². The number of thioether (sulfide) groups is 1. The molecule has 0 aliphatic carbocycles. The number of nitrogens with zero attached hydrogens (tertiary/aromatic N) is 1. The Kier molecular flexibility index (Phi) is 2.48. The summed E-state index contributed by atoms with van der Waals surface area (Å²) in [5.74, 6) is -0.260. The van der Waals surface area contributed by atoms with Crippen LogP contribution in [0.3, 0.4) is 0 Å². The molecule has 2 amide bonds. The number of carbonyl (C=O) groups is 2. The highest BCUT2D eigenvalue weighted by Gasteiger charge is 2.22. The van der Waals surface area contributed by atoms with E-state index in [2.05, 4.69) is 11.9 Å². The predicted molar refractivity (Wildman–Crippen MR) is 42.9 cm³/mol. The molecule has 0 fully saturated rings. The molecule has 1 rings (SSSR count). The predicted octanol–water partition coefficient (Wildman–Crippen LogP) is 0.461. The molecular formula is C7H6NO2S. The number of amides is 2. The summed E-state index contributed by atoms with van der Waals surface area (Å²) in [4.78, 5) is 21.7. The van der Waals surface area contributed by atoms with Crippen LogP contribution in [0.15, 0.2) is 23.6 Å². The number of carbonyl (C=O) groups excluding carboxylic acids is 2. The van der Waals surface area contributed by atoms with Gasteiger partial charge in [-0.25, -0.2) is 0 Å². The minimum Gasteiger partial charge on any atom is -0.267 e. The summed E-state index contributed by atoms with van der Waals surface area (Å²) in [6, 6.07) is 0. The number of hydrogen-bond donors (Lipinski definition) is 0. The summed E-state index contributed by atoms with van der Waals surface area (Å²) < 4.78 is 0. The maximum Gasteiger partial charge on any atom is 0.287 e. The van der Waals surface area contributed by atoms with Gasteiger partial charge in [0.2, 0.25) is 0 Å². The average molecular weight is 168 g/mol. The van der Waals surface area contributed by atoms with E-state index in [-0.39, 0.29) is 0 Å². The quantitative estimate of drug-likeness (QED) is 0.454. The van der Waals surface area contributed by atoms with E-state index in [0.717, 1.165) is 0 Å². The Morgan fingerprint density at radius 2 is 2.36 bits per heavy atom. The maximum absolute atomic E-state index is 10.8. The normalized spacial score (nSPS) is 16.2. The fraction of sp³-hybridized carbons (Fsp3) is 0.143. The molecule has 0 aromatic rings. The molecule has 1 radical (unpaired) electrons. The first-order chi connectivity index (χ1) is 5.24. The molecule has 0 saturated carbocycles. The molecule has 0 unspecified atom stereocenters. The van der Waals surface area contributed by atoms with Crippen molar-refractivity contribution in [3.63, 3.8) is 0 Å². The Labute approximate surface area is 68.5 Å². The summed E-state index contributed by atoms with van der Waals surface area (Å²) in [7, 11) is 0. The lowest BCUT2D eigenvalue weighted by molar-refractivity contribution is -0.124. The van der Waals surface area contributed by atoms with E-state index in [9.17, 15) is 9.59 Å². The van der Waals surface area contributed by atoms with Crippen molar-refractivity contribution in [3.8, 4) is 0 Å². The molecule has 0 aromatic heterocycles. The third-order valence-corrected chi connectivity index (χ3v) is 2.04. The minimum absolute atomic E-state index is 0.412. The largest absolute Gasteiger partial charge is 0.287 e. The standard InChI is InChI=1S/C7H6NO2S/c1-2-3-11-5-4-6(9)8-7(5)10/h2,4H,1,3H2. The molecule has 4 heteroatoms. The van der Waals surface area contributed by atoms with Crippen molar-refractivity contribution >= 4 is 23.6 Å². The number of rotatable bonds is 3. The van der Waals surface area contributed by atoms with Crippen LogP contribution in [-0.2, 0) is 9.59 Å². The molecule has 0 aromatic carbocycles. The highest BCUT2D eigenvalue weighted by Crippen LogP contribution is 2.19. The lowest BCUT2D eigenvalue weighted by Crippen LogP contribution is -2.12. The summed E-state index contributed by atoms with van der Waals surface area (Å²) in [6.45, 7) is 3.49. The van der Waals surface area contributed by atoms with Gasteiger partial charge in [0.15, 0.2) is 0 Å². The lowest BCUT2D eigenvalue weighted by atomic mass is 10.5. The van der Waals surface area contributed by atoms with Crippen LogP contribution in [0.2, 0.25) is 0 Å². The summed E-state index contributed by atoms with van der Waals surface area (Å²) >= 11 is 1.27. The molecule has 3 nitrogen and oxygen atoms in total. The van der Waals surface area contributed by atoms with Gasteiger partial charge < -0.3 is 0 Å². The van der Waals surface area contributed by atoms with Gasteiger partial charge in [-0.15, -0.1) is 18.3 Å². The zero-order chi connectivity index (χ0) is 8.27. The maximum atomic E-state index is 10.8. The molecule has 57 valence electrons. The summed E-state index contributed by atoms with van der Waals surface area (Å²) in [6.07, 6.45) is 2.91. The second kappa shape index (κ2) is 3.39. The van der Waals surface area contributed by atoms with Crippen LogP contribution in [0, 0.1) is 0 Å². The second-order valence-corrected chi connectivity index (χ2v) is 2.93. The SMILES string of the molecule is C=CCSC1=CC(=O)[N]C1=O. The zero-order valence-corrected chi connectivity index (χ0v) is 6.56. The van der Waals surface area contributed by atoms with E-state index in [4.69, 9.17) is 0 Å². The molecule has 1 aliphatic heterocycles. The van der Waals surface area contributed by atoms with Gasteiger partial charge >= 0.3 is 0 Å². The van der Waals surface area contributed by atoms with E-state index in [0.29, 0.717) is 10.7 Å². The van der Waals surface area contributed by atoms with Crippen molar-refractivity contribution in [3.05, 3.63) is 23.6 Å². The van der Waals surface area contributed by atoms with Gasteiger partial charge in [0.05, 0.1) is 4.91 Å². The molecule has 0 bridgehead atoms. The molecule has 0 spiro atoms. The molecule has 1 heterocycles. The van der Waals surface area contributed by atoms with Crippen LogP contribution in [0.1, 0.15) is 0 Å². The van der Waals surface area contributed by atoms with Gasteiger partial charge in [-0.2, -0.15) is 5.32 Å². The van der Waals surface area contributed by atoms with Crippen LogP contribution < -0.4 is 5.32 Å². The molecular weight excluding hydrogens is 162 g/mol. The van der Waals surface area contributed by atoms with Gasteiger partial charge in [-0.1, -0.05) is 6.08 Å². The first kappa shape index (κ1) is 8.07. The molecule has 11 heavy (non-hydrogen) atoms. The smallest absolute Gasteiger partial charge is 0.267 e. The van der Waals surface area contributed by atoms with Crippen molar-refractivity contribution < 1.29 is 9.59 Å². The lowest BCUT2D eigenvalue weighted by Gasteiger charge is -1.91. The molecule has 0 atom stereocenters. The van der Waals surface area contributed by atoms with Crippen LogP contribution in [0.25, 0.3) is 0 Å². The zero-order valence-electron chi connectivity index (χ0n) is 5.74. The van der Waals surface area contributed by atoms with Crippen LogP contribution >= 0.6 is 11.8 Å². The van der Waals surface area contributed by atoms with E-state index in [1.807, 2.05) is 0 Å².